The minimum atomic E-state index is -0.0453. The quantitative estimate of drug-likeness (QED) is 0.268. The molecule has 35 heavy (non-hydrogen) atoms. The lowest BCUT2D eigenvalue weighted by Gasteiger charge is -2.20. The molecule has 0 saturated carbocycles. The van der Waals surface area contributed by atoms with Crippen LogP contribution in [0.2, 0.25) is 0 Å². The number of rotatable bonds is 5. The maximum atomic E-state index is 11.8. The molecule has 0 radical (unpaired) electrons. The largest absolute Gasteiger partial charge is 0.337 e. The van der Waals surface area contributed by atoms with E-state index in [4.69, 9.17) is 4.98 Å². The molecule has 1 amide bonds. The molecular formula is C26H21N7OS. The second kappa shape index (κ2) is 8.69. The number of pyridine rings is 2. The number of carbonyl (C=O) groups is 1. The summed E-state index contributed by atoms with van der Waals surface area (Å²) in [6.07, 6.45) is 9.42. The van der Waals surface area contributed by atoms with Gasteiger partial charge in [-0.2, -0.15) is 11.3 Å². The summed E-state index contributed by atoms with van der Waals surface area (Å²) in [5, 5.41) is 7.03. The molecule has 6 rings (SSSR count). The van der Waals surface area contributed by atoms with Crippen LogP contribution in [-0.2, 0) is 4.79 Å². The lowest BCUT2D eigenvalue weighted by Crippen LogP contribution is -2.21. The summed E-state index contributed by atoms with van der Waals surface area (Å²) in [4.78, 5) is 28.9. The fraction of sp³-hybridized carbons (Fsp3) is 0.0769. The highest BCUT2D eigenvalue weighted by Gasteiger charge is 2.20. The number of anilines is 2. The first-order valence-corrected chi connectivity index (χ1v) is 12.1. The monoisotopic (exact) mass is 479 g/mol. The van der Waals surface area contributed by atoms with Crippen molar-refractivity contribution in [2.45, 2.75) is 13.3 Å². The van der Waals surface area contributed by atoms with Crippen molar-refractivity contribution in [1.82, 2.24) is 25.4 Å². The maximum absolute atomic E-state index is 11.8. The van der Waals surface area contributed by atoms with Gasteiger partial charge in [0.1, 0.15) is 5.82 Å². The molecule has 9 heteroatoms. The van der Waals surface area contributed by atoms with E-state index in [0.717, 1.165) is 55.9 Å². The smallest absolute Gasteiger partial charge is 0.224 e. The van der Waals surface area contributed by atoms with Gasteiger partial charge in [0, 0.05) is 47.3 Å². The number of benzene rings is 1. The van der Waals surface area contributed by atoms with Crippen LogP contribution >= 0.6 is 11.3 Å². The van der Waals surface area contributed by atoms with Gasteiger partial charge in [-0.1, -0.05) is 13.0 Å². The molecule has 4 aromatic heterocycles. The van der Waals surface area contributed by atoms with E-state index in [2.05, 4.69) is 54.0 Å². The minimum Gasteiger partial charge on any atom is -0.337 e. The number of fused-ring (bicyclic) bond motifs is 2. The summed E-state index contributed by atoms with van der Waals surface area (Å²) < 4.78 is 0. The summed E-state index contributed by atoms with van der Waals surface area (Å²) >= 11 is 1.65. The summed E-state index contributed by atoms with van der Waals surface area (Å²) in [6.45, 7) is 1.82. The van der Waals surface area contributed by atoms with Gasteiger partial charge in [0.15, 0.2) is 0 Å². The molecule has 0 saturated heterocycles. The first kappa shape index (κ1) is 21.1. The molecule has 5 heterocycles. The number of carbonyl (C=O) groups excluding carboxylic acids is 1. The number of hydrogen-bond donors (Lipinski definition) is 4. The Morgan fingerprint density at radius 1 is 1.00 bits per heavy atom. The van der Waals surface area contributed by atoms with Gasteiger partial charge in [-0.05, 0) is 46.2 Å². The Bertz CT molecular complexity index is 1590. The van der Waals surface area contributed by atoms with E-state index >= 15 is 0 Å². The summed E-state index contributed by atoms with van der Waals surface area (Å²) in [6, 6.07) is 10.1. The van der Waals surface area contributed by atoms with Gasteiger partial charge < -0.3 is 21.2 Å². The van der Waals surface area contributed by atoms with Crippen LogP contribution in [0.4, 0.5) is 11.4 Å². The van der Waals surface area contributed by atoms with E-state index in [1.165, 1.54) is 0 Å². The normalized spacial score (nSPS) is 12.4. The molecule has 0 bridgehead atoms. The van der Waals surface area contributed by atoms with Crippen LogP contribution < -0.4 is 16.2 Å². The molecule has 0 unspecified atom stereocenters. The zero-order chi connectivity index (χ0) is 23.8. The van der Waals surface area contributed by atoms with E-state index in [1.54, 1.807) is 29.9 Å². The standard InChI is InChI=1S/C26H21N7OS/c1-2-24(34)30-18-7-17(9-27-10-18)15-3-4-22-19(8-15)21(12-29-33-22)26-31-23-13-28-11-20(25(23)32-26)16-5-6-35-14-16/h3-14,29,33H,2H2,1H3,(H,30,34)(H,31,32). The lowest BCUT2D eigenvalue weighted by atomic mass is 9.97. The summed E-state index contributed by atoms with van der Waals surface area (Å²) in [5.41, 5.74) is 15.6. The Balaban J connectivity index is 1.41. The SMILES string of the molecule is CCC(=O)Nc1cncc(-c2ccc3c(c2)C(c2nc4c(-c5ccsc5)cncc4[nH]2)=CNN3)c1. The van der Waals surface area contributed by atoms with E-state index in [-0.39, 0.29) is 5.91 Å². The first-order valence-electron chi connectivity index (χ1n) is 11.2. The summed E-state index contributed by atoms with van der Waals surface area (Å²) in [7, 11) is 0. The topological polar surface area (TPSA) is 108 Å². The number of H-pyrrole nitrogens is 1. The van der Waals surface area contributed by atoms with Crippen molar-refractivity contribution in [3.63, 3.8) is 0 Å². The lowest BCUT2D eigenvalue weighted by molar-refractivity contribution is -0.115. The van der Waals surface area contributed by atoms with Crippen LogP contribution in [0.1, 0.15) is 24.7 Å². The van der Waals surface area contributed by atoms with Crippen LogP contribution in [0, 0.1) is 0 Å². The highest BCUT2D eigenvalue weighted by Crippen LogP contribution is 2.36. The minimum absolute atomic E-state index is 0.0453. The van der Waals surface area contributed by atoms with Crippen molar-refractivity contribution in [2.24, 2.45) is 0 Å². The molecular weight excluding hydrogens is 458 g/mol. The van der Waals surface area contributed by atoms with Crippen LogP contribution in [-0.4, -0.2) is 25.8 Å². The number of hydrazine groups is 1. The molecule has 1 aliphatic heterocycles. The third kappa shape index (κ3) is 3.91. The van der Waals surface area contributed by atoms with Crippen LogP contribution in [0.3, 0.4) is 0 Å². The number of imidazole rings is 1. The Hall–Kier alpha value is -4.50. The van der Waals surface area contributed by atoms with Gasteiger partial charge in [-0.15, -0.1) is 0 Å². The first-order chi connectivity index (χ1) is 17.2. The van der Waals surface area contributed by atoms with Crippen molar-refractivity contribution in [3.05, 3.63) is 83.5 Å². The van der Waals surface area contributed by atoms with E-state index < -0.39 is 0 Å². The summed E-state index contributed by atoms with van der Waals surface area (Å²) in [5.74, 6) is 0.704. The fourth-order valence-electron chi connectivity index (χ4n) is 4.12. The van der Waals surface area contributed by atoms with Crippen LogP contribution in [0.15, 0.2) is 72.1 Å². The van der Waals surface area contributed by atoms with E-state index in [0.29, 0.717) is 12.1 Å². The van der Waals surface area contributed by atoms with Crippen molar-refractivity contribution < 1.29 is 4.79 Å². The Kier molecular flexibility index (Phi) is 5.23. The van der Waals surface area contributed by atoms with Crippen molar-refractivity contribution in [2.75, 3.05) is 10.7 Å². The predicted molar refractivity (Wildman–Crippen MR) is 140 cm³/mol. The number of amides is 1. The van der Waals surface area contributed by atoms with Gasteiger partial charge >= 0.3 is 0 Å². The molecule has 5 aromatic rings. The molecule has 0 atom stereocenters. The van der Waals surface area contributed by atoms with Crippen LogP contribution in [0.25, 0.3) is 38.9 Å². The number of nitrogens with zero attached hydrogens (tertiary/aromatic N) is 3. The van der Waals surface area contributed by atoms with E-state index in [1.807, 2.05) is 37.5 Å². The zero-order valence-corrected chi connectivity index (χ0v) is 19.6. The third-order valence-electron chi connectivity index (χ3n) is 5.89. The van der Waals surface area contributed by atoms with Crippen molar-refractivity contribution >= 4 is 45.2 Å². The van der Waals surface area contributed by atoms with Gasteiger partial charge in [-0.3, -0.25) is 14.8 Å². The van der Waals surface area contributed by atoms with Crippen molar-refractivity contribution in [3.8, 4) is 22.3 Å². The highest BCUT2D eigenvalue weighted by atomic mass is 32.1. The number of thiophene rings is 1. The Morgan fingerprint density at radius 2 is 1.91 bits per heavy atom. The molecule has 1 aromatic carbocycles. The molecule has 0 spiro atoms. The Morgan fingerprint density at radius 3 is 2.77 bits per heavy atom. The second-order valence-corrected chi connectivity index (χ2v) is 8.91. The molecule has 0 fully saturated rings. The predicted octanol–water partition coefficient (Wildman–Crippen LogP) is 5.42. The van der Waals surface area contributed by atoms with Gasteiger partial charge in [0.25, 0.3) is 0 Å². The van der Waals surface area contributed by atoms with Crippen LogP contribution in [0.5, 0.6) is 0 Å². The van der Waals surface area contributed by atoms with E-state index in [9.17, 15) is 4.79 Å². The maximum Gasteiger partial charge on any atom is 0.224 e. The zero-order valence-electron chi connectivity index (χ0n) is 18.8. The second-order valence-electron chi connectivity index (χ2n) is 8.13. The number of hydrogen-bond acceptors (Lipinski definition) is 7. The highest BCUT2D eigenvalue weighted by molar-refractivity contribution is 7.08. The fourth-order valence-corrected chi connectivity index (χ4v) is 4.78. The molecule has 172 valence electrons. The van der Waals surface area contributed by atoms with Gasteiger partial charge in [-0.25, -0.2) is 4.98 Å². The van der Waals surface area contributed by atoms with Gasteiger partial charge in [0.05, 0.1) is 34.8 Å². The number of nitrogens with one attached hydrogen (secondary N) is 4. The number of aromatic nitrogens is 4. The molecule has 8 nitrogen and oxygen atoms in total. The van der Waals surface area contributed by atoms with Crippen molar-refractivity contribution in [1.29, 1.82) is 0 Å². The molecule has 1 aliphatic rings. The third-order valence-corrected chi connectivity index (χ3v) is 6.57. The average Bonchev–Trinajstić information content (AvgIpc) is 3.58. The number of aromatic amines is 1. The molecule has 0 aliphatic carbocycles. The Labute approximate surface area is 205 Å². The van der Waals surface area contributed by atoms with Gasteiger partial charge in [0.2, 0.25) is 5.91 Å². The molecule has 4 N–H and O–H groups in total. The average molecular weight is 480 g/mol.